The molecule has 8 heteroatoms. The molecule has 0 radical (unpaired) electrons. The summed E-state index contributed by atoms with van der Waals surface area (Å²) in [7, 11) is 0. The lowest BCUT2D eigenvalue weighted by Gasteiger charge is -2.23. The third-order valence-corrected chi connectivity index (χ3v) is 6.96. The molecule has 0 aliphatic heterocycles. The molecular weight excluding hydrogens is 464 g/mol. The fourth-order valence-corrected chi connectivity index (χ4v) is 5.21. The minimum Gasteiger partial charge on any atom is -0.479 e. The van der Waals surface area contributed by atoms with E-state index in [1.165, 1.54) is 11.3 Å². The van der Waals surface area contributed by atoms with Crippen LogP contribution in [-0.4, -0.2) is 35.7 Å². The molecule has 2 atom stereocenters. The van der Waals surface area contributed by atoms with E-state index < -0.39 is 30.1 Å². The van der Waals surface area contributed by atoms with Gasteiger partial charge in [0.1, 0.15) is 12.6 Å². The van der Waals surface area contributed by atoms with E-state index in [9.17, 15) is 19.5 Å². The minimum atomic E-state index is -1.18. The standard InChI is InChI=1S/C27H28N2O5S/c1-16(2)14-22(25(30)29-24(26(31)32)23-12-7-13-35-23)28-27(33)34-15-21-19-10-5-3-8-17(19)18-9-4-6-11-20(18)21/h3-13,16,21-22,24H,14-15H2,1-2H3,(H,28,33)(H,29,30)(H,31,32)/t22-,24?/m0/s1. The van der Waals surface area contributed by atoms with Crippen molar-refractivity contribution in [3.63, 3.8) is 0 Å². The maximum Gasteiger partial charge on any atom is 0.407 e. The summed E-state index contributed by atoms with van der Waals surface area (Å²) in [6, 6.07) is 17.4. The monoisotopic (exact) mass is 492 g/mol. The lowest BCUT2D eigenvalue weighted by atomic mass is 9.98. The summed E-state index contributed by atoms with van der Waals surface area (Å²) in [4.78, 5) is 38.0. The molecule has 1 aliphatic carbocycles. The number of ether oxygens (including phenoxy) is 1. The quantitative estimate of drug-likeness (QED) is 0.392. The van der Waals surface area contributed by atoms with Gasteiger partial charge in [0.05, 0.1) is 0 Å². The van der Waals surface area contributed by atoms with Crippen molar-refractivity contribution in [2.45, 2.75) is 38.3 Å². The van der Waals surface area contributed by atoms with Crippen LogP contribution >= 0.6 is 11.3 Å². The van der Waals surface area contributed by atoms with Crippen LogP contribution in [0.1, 0.15) is 48.2 Å². The highest BCUT2D eigenvalue weighted by molar-refractivity contribution is 7.10. The van der Waals surface area contributed by atoms with Gasteiger partial charge in [-0.25, -0.2) is 9.59 Å². The van der Waals surface area contributed by atoms with Gasteiger partial charge in [0.25, 0.3) is 0 Å². The third-order valence-electron chi connectivity index (χ3n) is 6.02. The topological polar surface area (TPSA) is 105 Å². The molecule has 3 N–H and O–H groups in total. The molecule has 7 nitrogen and oxygen atoms in total. The molecule has 1 aliphatic rings. The Hall–Kier alpha value is -3.65. The Kier molecular flexibility index (Phi) is 7.51. The average molecular weight is 493 g/mol. The predicted octanol–water partition coefficient (Wildman–Crippen LogP) is 4.94. The fourth-order valence-electron chi connectivity index (χ4n) is 4.44. The Labute approximate surface area is 208 Å². The van der Waals surface area contributed by atoms with E-state index in [1.54, 1.807) is 17.5 Å². The molecule has 0 saturated carbocycles. The van der Waals surface area contributed by atoms with E-state index in [2.05, 4.69) is 22.8 Å². The van der Waals surface area contributed by atoms with Gasteiger partial charge in [-0.1, -0.05) is 68.4 Å². The van der Waals surface area contributed by atoms with Gasteiger partial charge in [0, 0.05) is 10.8 Å². The number of hydrogen-bond donors (Lipinski definition) is 3. The first-order valence-electron chi connectivity index (χ1n) is 11.5. The van der Waals surface area contributed by atoms with Crippen molar-refractivity contribution in [3.05, 3.63) is 82.0 Å². The number of benzene rings is 2. The SMILES string of the molecule is CC(C)C[C@H](NC(=O)OCC1c2ccccc2-c2ccccc21)C(=O)NC(C(=O)O)c1cccs1. The van der Waals surface area contributed by atoms with E-state index in [1.807, 2.05) is 50.2 Å². The molecule has 1 aromatic heterocycles. The van der Waals surface area contributed by atoms with Crippen molar-refractivity contribution in [1.29, 1.82) is 0 Å². The van der Waals surface area contributed by atoms with Crippen LogP contribution in [0.25, 0.3) is 11.1 Å². The molecule has 0 fully saturated rings. The van der Waals surface area contributed by atoms with Gasteiger partial charge in [-0.2, -0.15) is 0 Å². The fraction of sp³-hybridized carbons (Fsp3) is 0.296. The highest BCUT2D eigenvalue weighted by Gasteiger charge is 2.31. The Morgan fingerprint density at radius 3 is 2.11 bits per heavy atom. The van der Waals surface area contributed by atoms with Crippen molar-refractivity contribution < 1.29 is 24.2 Å². The van der Waals surface area contributed by atoms with Crippen molar-refractivity contribution >= 4 is 29.3 Å². The molecule has 0 saturated heterocycles. The third kappa shape index (κ3) is 5.54. The van der Waals surface area contributed by atoms with Crippen molar-refractivity contribution in [2.75, 3.05) is 6.61 Å². The lowest BCUT2D eigenvalue weighted by molar-refractivity contribution is -0.142. The zero-order chi connectivity index (χ0) is 24.9. The number of carbonyl (C=O) groups excluding carboxylic acids is 2. The van der Waals surface area contributed by atoms with E-state index in [4.69, 9.17) is 4.74 Å². The van der Waals surface area contributed by atoms with Gasteiger partial charge in [-0.3, -0.25) is 4.79 Å². The van der Waals surface area contributed by atoms with Gasteiger partial charge in [0.2, 0.25) is 5.91 Å². The summed E-state index contributed by atoms with van der Waals surface area (Å²) in [6.45, 7) is 3.98. The highest BCUT2D eigenvalue weighted by atomic mass is 32.1. The van der Waals surface area contributed by atoms with Gasteiger partial charge in [0.15, 0.2) is 6.04 Å². The van der Waals surface area contributed by atoms with E-state index >= 15 is 0 Å². The van der Waals surface area contributed by atoms with Gasteiger partial charge >= 0.3 is 12.1 Å². The molecule has 3 aromatic rings. The van der Waals surface area contributed by atoms with Gasteiger partial charge in [-0.15, -0.1) is 11.3 Å². The zero-order valence-electron chi connectivity index (χ0n) is 19.6. The number of aliphatic carboxylic acids is 1. The van der Waals surface area contributed by atoms with Crippen molar-refractivity contribution in [1.82, 2.24) is 10.6 Å². The molecule has 2 aromatic carbocycles. The summed E-state index contributed by atoms with van der Waals surface area (Å²) >= 11 is 1.24. The Morgan fingerprint density at radius 2 is 1.57 bits per heavy atom. The first kappa shape index (κ1) is 24.5. The number of amides is 2. The van der Waals surface area contributed by atoms with Crippen LogP contribution in [0.4, 0.5) is 4.79 Å². The second-order valence-electron chi connectivity index (χ2n) is 8.95. The van der Waals surface area contributed by atoms with Crippen molar-refractivity contribution in [3.8, 4) is 11.1 Å². The first-order chi connectivity index (χ1) is 16.8. The smallest absolute Gasteiger partial charge is 0.407 e. The molecule has 1 unspecified atom stereocenters. The van der Waals surface area contributed by atoms with E-state index in [0.717, 1.165) is 22.3 Å². The minimum absolute atomic E-state index is 0.0876. The summed E-state index contributed by atoms with van der Waals surface area (Å²) in [5.41, 5.74) is 4.45. The summed E-state index contributed by atoms with van der Waals surface area (Å²) in [6.07, 6.45) is -0.372. The predicted molar refractivity (Wildman–Crippen MR) is 134 cm³/mol. The van der Waals surface area contributed by atoms with Crippen LogP contribution in [0.3, 0.4) is 0 Å². The largest absolute Gasteiger partial charge is 0.479 e. The number of alkyl carbamates (subject to hydrolysis) is 1. The maximum absolute atomic E-state index is 13.0. The van der Waals surface area contributed by atoms with Crippen LogP contribution in [0.15, 0.2) is 66.0 Å². The second kappa shape index (κ2) is 10.7. The lowest BCUT2D eigenvalue weighted by Crippen LogP contribution is -2.49. The molecule has 35 heavy (non-hydrogen) atoms. The molecule has 2 amide bonds. The summed E-state index contributed by atoms with van der Waals surface area (Å²) in [5, 5.41) is 16.5. The number of hydrogen-bond acceptors (Lipinski definition) is 5. The zero-order valence-corrected chi connectivity index (χ0v) is 20.4. The first-order valence-corrected chi connectivity index (χ1v) is 12.4. The Morgan fingerprint density at radius 1 is 0.943 bits per heavy atom. The molecule has 182 valence electrons. The van der Waals surface area contributed by atoms with Crippen LogP contribution in [0.2, 0.25) is 0 Å². The number of rotatable bonds is 9. The average Bonchev–Trinajstić information content (AvgIpc) is 3.47. The number of carboxylic acids is 1. The van der Waals surface area contributed by atoms with E-state index in [-0.39, 0.29) is 18.4 Å². The Balaban J connectivity index is 1.43. The van der Waals surface area contributed by atoms with E-state index in [0.29, 0.717) is 11.3 Å². The highest BCUT2D eigenvalue weighted by Crippen LogP contribution is 2.44. The molecular formula is C27H28N2O5S. The molecule has 4 rings (SSSR count). The molecule has 0 spiro atoms. The summed E-state index contributed by atoms with van der Waals surface area (Å²) < 4.78 is 5.58. The van der Waals surface area contributed by atoms with Gasteiger partial charge in [-0.05, 0) is 46.0 Å². The molecule has 1 heterocycles. The summed E-state index contributed by atoms with van der Waals surface area (Å²) in [5.74, 6) is -1.73. The number of carbonyl (C=O) groups is 3. The van der Waals surface area contributed by atoms with Crippen LogP contribution < -0.4 is 10.6 Å². The Bertz CT molecular complexity index is 1160. The number of carboxylic acid groups (broad SMARTS) is 1. The van der Waals surface area contributed by atoms with Crippen LogP contribution in [-0.2, 0) is 14.3 Å². The van der Waals surface area contributed by atoms with Crippen molar-refractivity contribution in [2.24, 2.45) is 5.92 Å². The number of fused-ring (bicyclic) bond motifs is 3. The normalized spacial score (nSPS) is 14.0. The molecule has 0 bridgehead atoms. The number of nitrogens with one attached hydrogen (secondary N) is 2. The number of thiophene rings is 1. The van der Waals surface area contributed by atoms with Gasteiger partial charge < -0.3 is 20.5 Å². The van der Waals surface area contributed by atoms with Crippen LogP contribution in [0.5, 0.6) is 0 Å². The van der Waals surface area contributed by atoms with Crippen LogP contribution in [0, 0.1) is 5.92 Å². The second-order valence-corrected chi connectivity index (χ2v) is 9.93. The maximum atomic E-state index is 13.0.